The van der Waals surface area contributed by atoms with Crippen molar-refractivity contribution >= 4 is 11.4 Å². The molecule has 0 N–H and O–H groups in total. The van der Waals surface area contributed by atoms with Crippen LogP contribution < -0.4 is 9.64 Å². The highest BCUT2D eigenvalue weighted by atomic mass is 16.5. The van der Waals surface area contributed by atoms with Crippen LogP contribution >= 0.6 is 0 Å². The Morgan fingerprint density at radius 1 is 1.16 bits per heavy atom. The number of nitrogens with zero attached hydrogens (tertiary/aromatic N) is 2. The summed E-state index contributed by atoms with van der Waals surface area (Å²) in [4.78, 5) is 2.10. The average molecular weight is 252 g/mol. The molecule has 0 fully saturated rings. The lowest BCUT2D eigenvalue weighted by atomic mass is 10.1. The number of para-hydroxylation sites is 1. The van der Waals surface area contributed by atoms with Gasteiger partial charge in [-0.05, 0) is 31.2 Å². The highest BCUT2D eigenvalue weighted by molar-refractivity contribution is 5.70. The van der Waals surface area contributed by atoms with Crippen molar-refractivity contribution in [2.75, 3.05) is 18.6 Å². The first kappa shape index (κ1) is 13.0. The predicted molar refractivity (Wildman–Crippen MR) is 76.8 cm³/mol. The van der Waals surface area contributed by atoms with Crippen molar-refractivity contribution < 1.29 is 4.74 Å². The molecular weight excluding hydrogens is 236 g/mol. The summed E-state index contributed by atoms with van der Waals surface area (Å²) >= 11 is 0. The van der Waals surface area contributed by atoms with Crippen molar-refractivity contribution in [3.63, 3.8) is 0 Å². The van der Waals surface area contributed by atoms with Crippen molar-refractivity contribution in [3.8, 4) is 11.8 Å². The minimum Gasteiger partial charge on any atom is -0.497 e. The molecule has 0 unspecified atom stereocenters. The van der Waals surface area contributed by atoms with Crippen LogP contribution in [0.5, 0.6) is 5.75 Å². The number of ether oxygens (including phenoxy) is 1. The molecule has 2 rings (SSSR count). The first-order chi connectivity index (χ1) is 9.30. The van der Waals surface area contributed by atoms with Crippen molar-refractivity contribution in [2.45, 2.75) is 6.92 Å². The third kappa shape index (κ3) is 2.69. The van der Waals surface area contributed by atoms with E-state index in [-0.39, 0.29) is 0 Å². The lowest BCUT2D eigenvalue weighted by molar-refractivity contribution is 0.415. The number of methoxy groups -OCH3 is 1. The summed E-state index contributed by atoms with van der Waals surface area (Å²) < 4.78 is 5.25. The molecule has 2 aromatic carbocycles. The summed E-state index contributed by atoms with van der Waals surface area (Å²) in [5.41, 5.74) is 2.58. The molecule has 0 aliphatic heterocycles. The van der Waals surface area contributed by atoms with Gasteiger partial charge in [-0.15, -0.1) is 0 Å². The minimum absolute atomic E-state index is 0.645. The fourth-order valence-corrected chi connectivity index (χ4v) is 2.06. The van der Waals surface area contributed by atoms with E-state index in [1.807, 2.05) is 36.4 Å². The van der Waals surface area contributed by atoms with Crippen LogP contribution in [0, 0.1) is 11.3 Å². The number of hydrogen-bond acceptors (Lipinski definition) is 3. The third-order valence-electron chi connectivity index (χ3n) is 3.00. The van der Waals surface area contributed by atoms with Gasteiger partial charge in [0.2, 0.25) is 0 Å². The van der Waals surface area contributed by atoms with Crippen molar-refractivity contribution in [3.05, 3.63) is 54.1 Å². The quantitative estimate of drug-likeness (QED) is 0.832. The molecule has 0 amide bonds. The van der Waals surface area contributed by atoms with Crippen LogP contribution in [0.4, 0.5) is 11.4 Å². The normalized spacial score (nSPS) is 9.74. The van der Waals surface area contributed by atoms with Gasteiger partial charge >= 0.3 is 0 Å². The molecule has 0 radical (unpaired) electrons. The van der Waals surface area contributed by atoms with Gasteiger partial charge in [-0.2, -0.15) is 5.26 Å². The molecular formula is C16H16N2O. The molecule has 0 aliphatic carbocycles. The van der Waals surface area contributed by atoms with Crippen LogP contribution in [0.15, 0.2) is 48.5 Å². The molecule has 0 heterocycles. The summed E-state index contributed by atoms with van der Waals surface area (Å²) in [6.45, 7) is 2.85. The van der Waals surface area contributed by atoms with E-state index in [0.717, 1.165) is 23.7 Å². The van der Waals surface area contributed by atoms with Crippen LogP contribution in [0.3, 0.4) is 0 Å². The van der Waals surface area contributed by atoms with Gasteiger partial charge in [-0.3, -0.25) is 0 Å². The first-order valence-corrected chi connectivity index (χ1v) is 6.21. The standard InChI is InChI=1S/C16H16N2O/c1-3-18(14-7-5-4-6-8-14)16-11-15(19-2)10-9-13(16)12-17/h4-11H,3H2,1-2H3. The molecule has 3 heteroatoms. The second-order valence-corrected chi connectivity index (χ2v) is 4.07. The van der Waals surface area contributed by atoms with Crippen molar-refractivity contribution in [2.24, 2.45) is 0 Å². The maximum absolute atomic E-state index is 9.26. The second-order valence-electron chi connectivity index (χ2n) is 4.07. The van der Waals surface area contributed by atoms with Gasteiger partial charge in [0, 0.05) is 18.3 Å². The molecule has 3 nitrogen and oxygen atoms in total. The van der Waals surface area contributed by atoms with Gasteiger partial charge in [0.15, 0.2) is 0 Å². The van der Waals surface area contributed by atoms with Gasteiger partial charge in [0.25, 0.3) is 0 Å². The Morgan fingerprint density at radius 3 is 2.47 bits per heavy atom. The van der Waals surface area contributed by atoms with Crippen LogP contribution in [0.25, 0.3) is 0 Å². The first-order valence-electron chi connectivity index (χ1n) is 6.21. The monoisotopic (exact) mass is 252 g/mol. The second kappa shape index (κ2) is 5.92. The molecule has 0 spiro atoms. The Balaban J connectivity index is 2.52. The van der Waals surface area contributed by atoms with Crippen molar-refractivity contribution in [1.82, 2.24) is 0 Å². The lowest BCUT2D eigenvalue weighted by Gasteiger charge is -2.24. The number of hydrogen-bond donors (Lipinski definition) is 0. The Morgan fingerprint density at radius 2 is 1.89 bits per heavy atom. The van der Waals surface area contributed by atoms with Crippen LogP contribution in [0.2, 0.25) is 0 Å². The van der Waals surface area contributed by atoms with Crippen LogP contribution in [-0.4, -0.2) is 13.7 Å². The average Bonchev–Trinajstić information content (AvgIpc) is 2.49. The molecule has 19 heavy (non-hydrogen) atoms. The van der Waals surface area contributed by atoms with E-state index in [0.29, 0.717) is 5.56 Å². The topological polar surface area (TPSA) is 36.3 Å². The van der Waals surface area contributed by atoms with E-state index in [2.05, 4.69) is 17.9 Å². The summed E-state index contributed by atoms with van der Waals surface area (Å²) in [6, 6.07) is 17.8. The van der Waals surface area contributed by atoms with Gasteiger partial charge in [0.05, 0.1) is 18.4 Å². The largest absolute Gasteiger partial charge is 0.497 e. The molecule has 0 saturated carbocycles. The Labute approximate surface area is 113 Å². The molecule has 0 bridgehead atoms. The maximum Gasteiger partial charge on any atom is 0.121 e. The smallest absolute Gasteiger partial charge is 0.121 e. The maximum atomic E-state index is 9.26. The number of benzene rings is 2. The summed E-state index contributed by atoms with van der Waals surface area (Å²) in [5.74, 6) is 0.753. The van der Waals surface area contributed by atoms with E-state index in [9.17, 15) is 5.26 Å². The van der Waals surface area contributed by atoms with Crippen molar-refractivity contribution in [1.29, 1.82) is 5.26 Å². The van der Waals surface area contributed by atoms with Gasteiger partial charge in [-0.25, -0.2) is 0 Å². The summed E-state index contributed by atoms with van der Waals surface area (Å²) in [5, 5.41) is 9.26. The number of nitriles is 1. The van der Waals surface area contributed by atoms with Gasteiger partial charge < -0.3 is 9.64 Å². The summed E-state index contributed by atoms with van der Waals surface area (Å²) in [6.07, 6.45) is 0. The zero-order valence-corrected chi connectivity index (χ0v) is 11.1. The molecule has 0 aliphatic rings. The van der Waals surface area contributed by atoms with E-state index in [1.165, 1.54) is 0 Å². The zero-order valence-electron chi connectivity index (χ0n) is 11.1. The van der Waals surface area contributed by atoms with E-state index in [1.54, 1.807) is 19.2 Å². The fraction of sp³-hybridized carbons (Fsp3) is 0.188. The highest BCUT2D eigenvalue weighted by Crippen LogP contribution is 2.31. The van der Waals surface area contributed by atoms with Gasteiger partial charge in [0.1, 0.15) is 11.8 Å². The number of anilines is 2. The third-order valence-corrected chi connectivity index (χ3v) is 3.00. The Hall–Kier alpha value is -2.47. The lowest BCUT2D eigenvalue weighted by Crippen LogP contribution is -2.17. The Bertz CT molecular complexity index is 587. The summed E-state index contributed by atoms with van der Waals surface area (Å²) in [7, 11) is 1.63. The van der Waals surface area contributed by atoms with E-state index < -0.39 is 0 Å². The molecule has 0 saturated heterocycles. The van der Waals surface area contributed by atoms with E-state index >= 15 is 0 Å². The van der Waals surface area contributed by atoms with Crippen LogP contribution in [-0.2, 0) is 0 Å². The molecule has 2 aromatic rings. The molecule has 96 valence electrons. The van der Waals surface area contributed by atoms with E-state index in [4.69, 9.17) is 4.74 Å². The highest BCUT2D eigenvalue weighted by Gasteiger charge is 2.12. The SMILES string of the molecule is CCN(c1ccccc1)c1cc(OC)ccc1C#N. The molecule has 0 aromatic heterocycles. The molecule has 0 atom stereocenters. The van der Waals surface area contributed by atoms with Gasteiger partial charge in [-0.1, -0.05) is 18.2 Å². The number of rotatable bonds is 4. The van der Waals surface area contributed by atoms with Crippen LogP contribution in [0.1, 0.15) is 12.5 Å². The zero-order chi connectivity index (χ0) is 13.7. The fourth-order valence-electron chi connectivity index (χ4n) is 2.06. The predicted octanol–water partition coefficient (Wildman–Crippen LogP) is 3.72. The minimum atomic E-state index is 0.645. The Kier molecular flexibility index (Phi) is 4.04.